The first-order valence-electron chi connectivity index (χ1n) is 9.17. The molecule has 3 rings (SSSR count). The number of anilines is 1. The molecule has 7 nitrogen and oxygen atoms in total. The highest BCUT2D eigenvalue weighted by molar-refractivity contribution is 7.09. The Balaban J connectivity index is 1.56. The Morgan fingerprint density at radius 3 is 2.53 bits per heavy atom. The summed E-state index contributed by atoms with van der Waals surface area (Å²) in [6, 6.07) is 12.5. The van der Waals surface area contributed by atoms with Crippen LogP contribution in [-0.2, 0) is 22.6 Å². The van der Waals surface area contributed by atoms with Crippen molar-refractivity contribution in [2.75, 3.05) is 19.5 Å². The lowest BCUT2D eigenvalue weighted by molar-refractivity contribution is -0.115. The van der Waals surface area contributed by atoms with E-state index in [0.29, 0.717) is 22.2 Å². The smallest absolute Gasteiger partial charge is 0.342 e. The fourth-order valence-electron chi connectivity index (χ4n) is 2.67. The summed E-state index contributed by atoms with van der Waals surface area (Å²) in [5, 5.41) is 5.25. The molecule has 0 spiro atoms. The molecule has 0 aliphatic heterocycles. The summed E-state index contributed by atoms with van der Waals surface area (Å²) in [4.78, 5) is 29.0. The summed E-state index contributed by atoms with van der Waals surface area (Å²) >= 11 is 1.34. The Bertz CT molecular complexity index is 1030. The number of carbonyl (C=O) groups is 2. The van der Waals surface area contributed by atoms with Crippen molar-refractivity contribution in [1.29, 1.82) is 0 Å². The molecule has 1 amide bonds. The zero-order valence-corrected chi connectivity index (χ0v) is 17.7. The van der Waals surface area contributed by atoms with Crippen LogP contribution in [0.1, 0.15) is 26.6 Å². The van der Waals surface area contributed by atoms with Gasteiger partial charge in [-0.25, -0.2) is 9.78 Å². The summed E-state index contributed by atoms with van der Waals surface area (Å²) in [5.41, 5.74) is 2.71. The van der Waals surface area contributed by atoms with Gasteiger partial charge < -0.3 is 19.5 Å². The quantitative estimate of drug-likeness (QED) is 0.548. The first-order chi connectivity index (χ1) is 14.5. The number of methoxy groups -OCH3 is 2. The van der Waals surface area contributed by atoms with E-state index < -0.39 is 5.97 Å². The van der Waals surface area contributed by atoms with Gasteiger partial charge in [-0.3, -0.25) is 4.79 Å². The van der Waals surface area contributed by atoms with Gasteiger partial charge in [-0.05, 0) is 37.3 Å². The molecule has 0 aliphatic rings. The first-order valence-corrected chi connectivity index (χ1v) is 10.1. The molecule has 1 aromatic heterocycles. The Hall–Kier alpha value is -3.39. The van der Waals surface area contributed by atoms with Gasteiger partial charge >= 0.3 is 5.97 Å². The monoisotopic (exact) mass is 426 g/mol. The molecule has 8 heteroatoms. The third-order valence-corrected chi connectivity index (χ3v) is 5.12. The van der Waals surface area contributed by atoms with Crippen LogP contribution in [0.25, 0.3) is 0 Å². The average Bonchev–Trinajstić information content (AvgIpc) is 3.20. The highest BCUT2D eigenvalue weighted by atomic mass is 32.1. The van der Waals surface area contributed by atoms with Gasteiger partial charge in [0.1, 0.15) is 28.7 Å². The molecule has 0 unspecified atom stereocenters. The molecule has 0 atom stereocenters. The van der Waals surface area contributed by atoms with Crippen molar-refractivity contribution in [2.24, 2.45) is 0 Å². The van der Waals surface area contributed by atoms with Gasteiger partial charge in [0.05, 0.1) is 26.3 Å². The number of carbonyl (C=O) groups excluding carboxylic acids is 2. The number of amides is 1. The molecule has 0 bridgehead atoms. The lowest BCUT2D eigenvalue weighted by Gasteiger charge is -2.09. The Morgan fingerprint density at radius 2 is 1.83 bits per heavy atom. The van der Waals surface area contributed by atoms with Crippen LogP contribution in [0.15, 0.2) is 47.8 Å². The number of hydrogen-bond acceptors (Lipinski definition) is 7. The fraction of sp³-hybridized carbons (Fsp3) is 0.227. The Labute approximate surface area is 178 Å². The van der Waals surface area contributed by atoms with E-state index >= 15 is 0 Å². The van der Waals surface area contributed by atoms with Gasteiger partial charge in [0.2, 0.25) is 5.91 Å². The number of thiazole rings is 1. The number of nitrogens with zero attached hydrogens (tertiary/aromatic N) is 1. The molecule has 0 saturated heterocycles. The molecule has 30 heavy (non-hydrogen) atoms. The van der Waals surface area contributed by atoms with Crippen molar-refractivity contribution in [3.05, 3.63) is 69.7 Å². The zero-order chi connectivity index (χ0) is 21.5. The van der Waals surface area contributed by atoms with Gasteiger partial charge in [-0.1, -0.05) is 17.7 Å². The highest BCUT2D eigenvalue weighted by Crippen LogP contribution is 2.25. The van der Waals surface area contributed by atoms with Gasteiger partial charge in [-0.15, -0.1) is 11.3 Å². The van der Waals surface area contributed by atoms with E-state index in [9.17, 15) is 9.59 Å². The van der Waals surface area contributed by atoms with Crippen LogP contribution in [0.2, 0.25) is 0 Å². The zero-order valence-electron chi connectivity index (χ0n) is 16.9. The van der Waals surface area contributed by atoms with Gasteiger partial charge in [-0.2, -0.15) is 0 Å². The van der Waals surface area contributed by atoms with Crippen molar-refractivity contribution in [3.63, 3.8) is 0 Å². The minimum atomic E-state index is -0.544. The summed E-state index contributed by atoms with van der Waals surface area (Å²) in [6.45, 7) is 1.98. The fourth-order valence-corrected chi connectivity index (χ4v) is 3.44. The Morgan fingerprint density at radius 1 is 1.07 bits per heavy atom. The predicted octanol–water partition coefficient (Wildman–Crippen LogP) is 4.01. The van der Waals surface area contributed by atoms with E-state index in [-0.39, 0.29) is 24.5 Å². The number of aryl methyl sites for hydroxylation is 1. The molecular weight excluding hydrogens is 404 g/mol. The van der Waals surface area contributed by atoms with Crippen LogP contribution < -0.4 is 14.8 Å². The van der Waals surface area contributed by atoms with Crippen molar-refractivity contribution in [2.45, 2.75) is 20.0 Å². The largest absolute Gasteiger partial charge is 0.497 e. The normalized spacial score (nSPS) is 10.4. The van der Waals surface area contributed by atoms with Crippen LogP contribution in [0, 0.1) is 6.92 Å². The third-order valence-electron chi connectivity index (χ3n) is 4.22. The maximum absolute atomic E-state index is 12.4. The number of aromatic nitrogens is 1. The van der Waals surface area contributed by atoms with Crippen LogP contribution in [-0.4, -0.2) is 31.1 Å². The van der Waals surface area contributed by atoms with E-state index in [0.717, 1.165) is 11.3 Å². The summed E-state index contributed by atoms with van der Waals surface area (Å²) in [7, 11) is 3.00. The molecule has 0 fully saturated rings. The van der Waals surface area contributed by atoms with Crippen LogP contribution in [0.5, 0.6) is 11.5 Å². The second-order valence-electron chi connectivity index (χ2n) is 6.47. The van der Waals surface area contributed by atoms with Crippen molar-refractivity contribution in [1.82, 2.24) is 4.98 Å². The summed E-state index contributed by atoms with van der Waals surface area (Å²) < 4.78 is 15.7. The third kappa shape index (κ3) is 5.57. The average molecular weight is 426 g/mol. The molecule has 0 aliphatic carbocycles. The molecular formula is C22H22N2O5S. The van der Waals surface area contributed by atoms with Gasteiger partial charge in [0.25, 0.3) is 0 Å². The second kappa shape index (κ2) is 9.89. The van der Waals surface area contributed by atoms with E-state index in [1.165, 1.54) is 25.6 Å². The van der Waals surface area contributed by atoms with E-state index in [4.69, 9.17) is 14.2 Å². The van der Waals surface area contributed by atoms with Gasteiger partial charge in [0.15, 0.2) is 0 Å². The lowest BCUT2D eigenvalue weighted by atomic mass is 10.2. The SMILES string of the molecule is COc1ccc(OC)c(C(=O)OCc2csc(CC(=O)Nc3ccc(C)cc3)n2)c1. The highest BCUT2D eigenvalue weighted by Gasteiger charge is 2.16. The van der Waals surface area contributed by atoms with Crippen molar-refractivity contribution in [3.8, 4) is 11.5 Å². The summed E-state index contributed by atoms with van der Waals surface area (Å²) in [5.74, 6) is 0.223. The molecule has 156 valence electrons. The summed E-state index contributed by atoms with van der Waals surface area (Å²) in [6.07, 6.45) is 0.149. The van der Waals surface area contributed by atoms with Crippen LogP contribution >= 0.6 is 11.3 Å². The van der Waals surface area contributed by atoms with E-state index in [1.807, 2.05) is 31.2 Å². The molecule has 1 heterocycles. The number of ether oxygens (including phenoxy) is 3. The predicted molar refractivity (Wildman–Crippen MR) is 114 cm³/mol. The maximum atomic E-state index is 12.4. The lowest BCUT2D eigenvalue weighted by Crippen LogP contribution is -2.14. The number of rotatable bonds is 8. The van der Waals surface area contributed by atoms with Gasteiger partial charge in [0, 0.05) is 11.1 Å². The van der Waals surface area contributed by atoms with E-state index in [1.54, 1.807) is 23.6 Å². The minimum Gasteiger partial charge on any atom is -0.497 e. The molecule has 1 N–H and O–H groups in total. The van der Waals surface area contributed by atoms with Crippen LogP contribution in [0.4, 0.5) is 5.69 Å². The van der Waals surface area contributed by atoms with E-state index in [2.05, 4.69) is 10.3 Å². The number of esters is 1. The number of hydrogen-bond donors (Lipinski definition) is 1. The number of nitrogens with one attached hydrogen (secondary N) is 1. The molecule has 0 saturated carbocycles. The van der Waals surface area contributed by atoms with Crippen molar-refractivity contribution < 1.29 is 23.8 Å². The van der Waals surface area contributed by atoms with Crippen LogP contribution in [0.3, 0.4) is 0 Å². The first kappa shape index (κ1) is 21.3. The molecule has 0 radical (unpaired) electrons. The molecule has 2 aromatic carbocycles. The second-order valence-corrected chi connectivity index (χ2v) is 7.41. The molecule has 3 aromatic rings. The number of benzene rings is 2. The maximum Gasteiger partial charge on any atom is 0.342 e. The van der Waals surface area contributed by atoms with Crippen molar-refractivity contribution >= 4 is 28.9 Å². The topological polar surface area (TPSA) is 86.8 Å². The Kier molecular flexibility index (Phi) is 7.03. The standard InChI is InChI=1S/C22H22N2O5S/c1-14-4-6-15(7-5-14)23-20(25)11-21-24-16(13-30-21)12-29-22(26)18-10-17(27-2)8-9-19(18)28-3/h4-10,13H,11-12H2,1-3H3,(H,23,25). The minimum absolute atomic E-state index is 0.00468.